The van der Waals surface area contributed by atoms with Crippen LogP contribution < -0.4 is 4.74 Å². The Morgan fingerprint density at radius 2 is 1.68 bits per heavy atom. The van der Waals surface area contributed by atoms with Gasteiger partial charge in [0.15, 0.2) is 5.78 Å². The number of ether oxygens (including phenoxy) is 1. The Morgan fingerprint density at radius 3 is 2.32 bits per heavy atom. The van der Waals surface area contributed by atoms with Gasteiger partial charge < -0.3 is 4.74 Å². The maximum absolute atomic E-state index is 11.9. The normalized spacial score (nSPS) is 11.2. The van der Waals surface area contributed by atoms with Crippen LogP contribution in [0.25, 0.3) is 12.2 Å². The molecule has 0 bridgehead atoms. The average molecular weight is 310 g/mol. The average Bonchev–Trinajstić information content (AvgIpc) is 2.58. The molecule has 2 aromatic rings. The molecule has 2 rings (SSSR count). The SMILES string of the molecule is COc1cccc(/C=C/C(=O)/C=C/c2ccc(SC)cc2)c1. The van der Waals surface area contributed by atoms with E-state index in [0.717, 1.165) is 16.9 Å². The smallest absolute Gasteiger partial charge is 0.178 e. The first-order valence-corrected chi connectivity index (χ1v) is 8.12. The Bertz CT molecular complexity index is 685. The number of methoxy groups -OCH3 is 1. The molecule has 0 unspecified atom stereocenters. The summed E-state index contributed by atoms with van der Waals surface area (Å²) in [6.45, 7) is 0. The second-order valence-corrected chi connectivity index (χ2v) is 5.50. The molecule has 0 atom stereocenters. The van der Waals surface area contributed by atoms with Crippen LogP contribution in [0.3, 0.4) is 0 Å². The molecule has 0 aliphatic heterocycles. The largest absolute Gasteiger partial charge is 0.497 e. The third-order valence-electron chi connectivity index (χ3n) is 3.09. The van der Waals surface area contributed by atoms with E-state index in [2.05, 4.69) is 0 Å². The van der Waals surface area contributed by atoms with Gasteiger partial charge in [-0.1, -0.05) is 36.4 Å². The third-order valence-corrected chi connectivity index (χ3v) is 3.83. The number of allylic oxidation sites excluding steroid dienone is 2. The Balaban J connectivity index is 1.98. The molecule has 2 nitrogen and oxygen atoms in total. The molecule has 0 aliphatic rings. The molecule has 0 saturated carbocycles. The summed E-state index contributed by atoms with van der Waals surface area (Å²) in [5.41, 5.74) is 1.95. The van der Waals surface area contributed by atoms with Crippen molar-refractivity contribution >= 4 is 29.7 Å². The van der Waals surface area contributed by atoms with Crippen LogP contribution in [0.2, 0.25) is 0 Å². The summed E-state index contributed by atoms with van der Waals surface area (Å²) in [4.78, 5) is 13.1. The van der Waals surface area contributed by atoms with Crippen LogP contribution in [0.1, 0.15) is 11.1 Å². The summed E-state index contributed by atoms with van der Waals surface area (Å²) in [7, 11) is 1.62. The third kappa shape index (κ3) is 4.93. The van der Waals surface area contributed by atoms with Gasteiger partial charge in [-0.05, 0) is 53.8 Å². The van der Waals surface area contributed by atoms with Crippen LogP contribution in [0.15, 0.2) is 65.6 Å². The second kappa shape index (κ2) is 8.25. The highest BCUT2D eigenvalue weighted by molar-refractivity contribution is 7.98. The fourth-order valence-electron chi connectivity index (χ4n) is 1.87. The van der Waals surface area contributed by atoms with Crippen LogP contribution in [-0.4, -0.2) is 19.1 Å². The standard InChI is InChI=1S/C19H18O2S/c1-21-18-5-3-4-16(14-18)7-11-17(20)10-6-15-8-12-19(22-2)13-9-15/h3-14H,1-2H3/b10-6+,11-7+. The number of hydrogen-bond acceptors (Lipinski definition) is 3. The molecule has 0 heterocycles. The summed E-state index contributed by atoms with van der Waals surface area (Å²) in [6.07, 6.45) is 8.78. The Hall–Kier alpha value is -2.26. The lowest BCUT2D eigenvalue weighted by Gasteiger charge is -1.99. The number of thioether (sulfide) groups is 1. The van der Waals surface area contributed by atoms with Crippen molar-refractivity contribution in [2.45, 2.75) is 4.90 Å². The lowest BCUT2D eigenvalue weighted by molar-refractivity contribution is -0.110. The van der Waals surface area contributed by atoms with Crippen LogP contribution in [-0.2, 0) is 4.79 Å². The van der Waals surface area contributed by atoms with Gasteiger partial charge in [0.05, 0.1) is 7.11 Å². The van der Waals surface area contributed by atoms with Gasteiger partial charge in [-0.2, -0.15) is 0 Å². The molecular formula is C19H18O2S. The summed E-state index contributed by atoms with van der Waals surface area (Å²) < 4.78 is 5.15. The zero-order chi connectivity index (χ0) is 15.8. The van der Waals surface area contributed by atoms with E-state index >= 15 is 0 Å². The first-order valence-electron chi connectivity index (χ1n) is 6.89. The fraction of sp³-hybridized carbons (Fsp3) is 0.105. The first-order chi connectivity index (χ1) is 10.7. The molecule has 0 amide bonds. The highest BCUT2D eigenvalue weighted by Crippen LogP contribution is 2.16. The highest BCUT2D eigenvalue weighted by Gasteiger charge is 1.94. The van der Waals surface area contributed by atoms with E-state index in [1.54, 1.807) is 37.1 Å². The predicted octanol–water partition coefficient (Wildman–Crippen LogP) is 4.71. The van der Waals surface area contributed by atoms with Crippen molar-refractivity contribution in [2.24, 2.45) is 0 Å². The van der Waals surface area contributed by atoms with Gasteiger partial charge in [0.1, 0.15) is 5.75 Å². The molecule has 0 aromatic heterocycles. The van der Waals surface area contributed by atoms with E-state index in [9.17, 15) is 4.79 Å². The monoisotopic (exact) mass is 310 g/mol. The van der Waals surface area contributed by atoms with Crippen molar-refractivity contribution in [3.05, 3.63) is 71.8 Å². The summed E-state index contributed by atoms with van der Waals surface area (Å²) >= 11 is 1.70. The van der Waals surface area contributed by atoms with E-state index in [1.165, 1.54) is 4.90 Å². The molecule has 0 fully saturated rings. The van der Waals surface area contributed by atoms with Crippen molar-refractivity contribution in [1.29, 1.82) is 0 Å². The minimum absolute atomic E-state index is 0.0447. The number of rotatable bonds is 6. The molecule has 0 spiro atoms. The maximum atomic E-state index is 11.9. The molecule has 0 radical (unpaired) electrons. The minimum atomic E-state index is -0.0447. The molecular weight excluding hydrogens is 292 g/mol. The van der Waals surface area contributed by atoms with Crippen molar-refractivity contribution < 1.29 is 9.53 Å². The van der Waals surface area contributed by atoms with Gasteiger partial charge in [-0.25, -0.2) is 0 Å². The summed E-state index contributed by atoms with van der Waals surface area (Å²) in [6, 6.07) is 15.7. The lowest BCUT2D eigenvalue weighted by Crippen LogP contribution is -1.86. The van der Waals surface area contributed by atoms with Gasteiger partial charge in [0, 0.05) is 4.90 Å². The number of carbonyl (C=O) groups is 1. The van der Waals surface area contributed by atoms with Crippen molar-refractivity contribution in [2.75, 3.05) is 13.4 Å². The number of carbonyl (C=O) groups excluding carboxylic acids is 1. The second-order valence-electron chi connectivity index (χ2n) is 4.62. The minimum Gasteiger partial charge on any atom is -0.497 e. The van der Waals surface area contributed by atoms with Gasteiger partial charge in [0.2, 0.25) is 0 Å². The van der Waals surface area contributed by atoms with Crippen LogP contribution >= 0.6 is 11.8 Å². The first kappa shape index (κ1) is 16.1. The number of hydrogen-bond donors (Lipinski definition) is 0. The zero-order valence-electron chi connectivity index (χ0n) is 12.7. The Labute approximate surface area is 135 Å². The predicted molar refractivity (Wildman–Crippen MR) is 94.3 cm³/mol. The number of ketones is 1. The Morgan fingerprint density at radius 1 is 1.00 bits per heavy atom. The van der Waals surface area contributed by atoms with Crippen LogP contribution in [0.4, 0.5) is 0 Å². The number of benzene rings is 2. The lowest BCUT2D eigenvalue weighted by atomic mass is 10.1. The fourth-order valence-corrected chi connectivity index (χ4v) is 2.28. The van der Waals surface area contributed by atoms with E-state index in [4.69, 9.17) is 4.74 Å². The van der Waals surface area contributed by atoms with Crippen molar-refractivity contribution in [3.63, 3.8) is 0 Å². The van der Waals surface area contributed by atoms with Gasteiger partial charge in [0.25, 0.3) is 0 Å². The highest BCUT2D eigenvalue weighted by atomic mass is 32.2. The molecule has 22 heavy (non-hydrogen) atoms. The maximum Gasteiger partial charge on any atom is 0.178 e. The Kier molecular flexibility index (Phi) is 6.04. The van der Waals surface area contributed by atoms with Gasteiger partial charge in [-0.3, -0.25) is 4.79 Å². The van der Waals surface area contributed by atoms with Crippen LogP contribution in [0.5, 0.6) is 5.75 Å². The van der Waals surface area contributed by atoms with E-state index in [0.29, 0.717) is 0 Å². The van der Waals surface area contributed by atoms with Gasteiger partial charge in [-0.15, -0.1) is 11.8 Å². The van der Waals surface area contributed by atoms with E-state index in [-0.39, 0.29) is 5.78 Å². The topological polar surface area (TPSA) is 26.3 Å². The molecule has 3 heteroatoms. The quantitative estimate of drug-likeness (QED) is 0.571. The molecule has 0 saturated heterocycles. The van der Waals surface area contributed by atoms with Crippen molar-refractivity contribution in [1.82, 2.24) is 0 Å². The van der Waals surface area contributed by atoms with Crippen LogP contribution in [0, 0.1) is 0 Å². The summed E-state index contributed by atoms with van der Waals surface area (Å²) in [5, 5.41) is 0. The molecule has 0 aliphatic carbocycles. The molecule has 2 aromatic carbocycles. The molecule has 112 valence electrons. The van der Waals surface area contributed by atoms with Crippen molar-refractivity contribution in [3.8, 4) is 5.75 Å². The summed E-state index contributed by atoms with van der Waals surface area (Å²) in [5.74, 6) is 0.732. The van der Waals surface area contributed by atoms with E-state index < -0.39 is 0 Å². The molecule has 0 N–H and O–H groups in total. The zero-order valence-corrected chi connectivity index (χ0v) is 13.5. The van der Waals surface area contributed by atoms with Gasteiger partial charge >= 0.3 is 0 Å². The van der Waals surface area contributed by atoms with E-state index in [1.807, 2.05) is 60.9 Å².